The van der Waals surface area contributed by atoms with Crippen molar-refractivity contribution in [1.29, 1.82) is 0 Å². The second kappa shape index (κ2) is 4.43. The third kappa shape index (κ3) is 1.81. The van der Waals surface area contributed by atoms with Crippen molar-refractivity contribution < 1.29 is 4.52 Å². The number of nitrogen functional groups attached to an aromatic ring is 1. The molecule has 1 unspecified atom stereocenters. The first-order valence-electron chi connectivity index (χ1n) is 6.92. The first-order valence-corrected chi connectivity index (χ1v) is 7.74. The van der Waals surface area contributed by atoms with E-state index >= 15 is 0 Å². The summed E-state index contributed by atoms with van der Waals surface area (Å²) in [5, 5.41) is 4.91. The Kier molecular flexibility index (Phi) is 2.65. The number of aromatic nitrogens is 2. The van der Waals surface area contributed by atoms with E-state index in [1.165, 1.54) is 16.0 Å². The topological polar surface area (TPSA) is 64.9 Å². The largest absolute Gasteiger partial charge is 0.390 e. The molecule has 1 atom stereocenters. The van der Waals surface area contributed by atoms with Crippen LogP contribution in [0, 0.1) is 13.8 Å². The van der Waals surface area contributed by atoms with E-state index in [1.807, 2.05) is 6.92 Å². The van der Waals surface area contributed by atoms with Crippen molar-refractivity contribution in [3.05, 3.63) is 51.7 Å². The molecular formula is C16H15N3OS. The Hall–Kier alpha value is -2.14. The number of nitrogens with zero attached hydrogens (tertiary/aromatic N) is 2. The highest BCUT2D eigenvalue weighted by Crippen LogP contribution is 2.41. The van der Waals surface area contributed by atoms with Crippen LogP contribution in [0.4, 0.5) is 5.00 Å². The number of fused-ring (bicyclic) bond motifs is 1. The maximum atomic E-state index is 6.07. The minimum atomic E-state index is 0.250. The molecule has 0 spiro atoms. The molecule has 2 aromatic heterocycles. The highest BCUT2D eigenvalue weighted by atomic mass is 32.1. The molecule has 0 fully saturated rings. The van der Waals surface area contributed by atoms with E-state index < -0.39 is 0 Å². The molecule has 0 saturated carbocycles. The van der Waals surface area contributed by atoms with Crippen molar-refractivity contribution in [2.75, 3.05) is 5.73 Å². The molecule has 0 radical (unpaired) electrons. The predicted molar refractivity (Wildman–Crippen MR) is 83.5 cm³/mol. The molecule has 106 valence electrons. The van der Waals surface area contributed by atoms with Gasteiger partial charge in [-0.25, -0.2) is 0 Å². The van der Waals surface area contributed by atoms with Gasteiger partial charge < -0.3 is 10.3 Å². The fourth-order valence-electron chi connectivity index (χ4n) is 2.89. The third-order valence-electron chi connectivity index (χ3n) is 4.23. The van der Waals surface area contributed by atoms with Gasteiger partial charge in [-0.15, -0.1) is 11.3 Å². The molecule has 4 rings (SSSR count). The van der Waals surface area contributed by atoms with E-state index in [0.717, 1.165) is 28.4 Å². The second-order valence-corrected chi connectivity index (χ2v) is 6.69. The van der Waals surface area contributed by atoms with Crippen molar-refractivity contribution in [3.63, 3.8) is 0 Å². The Morgan fingerprint density at radius 3 is 2.81 bits per heavy atom. The van der Waals surface area contributed by atoms with Crippen LogP contribution in [-0.2, 0) is 6.42 Å². The summed E-state index contributed by atoms with van der Waals surface area (Å²) in [5.41, 5.74) is 10.8. The molecule has 1 aliphatic rings. The van der Waals surface area contributed by atoms with Crippen LogP contribution in [0.15, 0.2) is 28.8 Å². The van der Waals surface area contributed by atoms with Gasteiger partial charge in [-0.1, -0.05) is 29.4 Å². The lowest BCUT2D eigenvalue weighted by Crippen LogP contribution is -2.19. The van der Waals surface area contributed by atoms with Crippen molar-refractivity contribution in [1.82, 2.24) is 10.1 Å². The Bertz CT molecular complexity index is 834. The average molecular weight is 297 g/mol. The van der Waals surface area contributed by atoms with Crippen LogP contribution >= 0.6 is 11.3 Å². The van der Waals surface area contributed by atoms with Gasteiger partial charge in [0.05, 0.1) is 16.5 Å². The summed E-state index contributed by atoms with van der Waals surface area (Å²) in [6.45, 7) is 4.10. The average Bonchev–Trinajstić information content (AvgIpc) is 2.98. The normalized spacial score (nSPS) is 16.6. The van der Waals surface area contributed by atoms with E-state index in [-0.39, 0.29) is 5.92 Å². The molecule has 2 N–H and O–H groups in total. The Labute approximate surface area is 126 Å². The van der Waals surface area contributed by atoms with Crippen LogP contribution in [-0.4, -0.2) is 10.1 Å². The third-order valence-corrected chi connectivity index (χ3v) is 5.27. The summed E-state index contributed by atoms with van der Waals surface area (Å²) >= 11 is 1.57. The van der Waals surface area contributed by atoms with Gasteiger partial charge >= 0.3 is 0 Å². The first kappa shape index (κ1) is 12.6. The molecule has 3 aromatic rings. The molecule has 5 heteroatoms. The molecule has 0 aliphatic heterocycles. The molecule has 0 saturated heterocycles. The quantitative estimate of drug-likeness (QED) is 0.783. The Balaban J connectivity index is 1.72. The fourth-order valence-corrected chi connectivity index (χ4v) is 3.81. The van der Waals surface area contributed by atoms with Crippen molar-refractivity contribution in [2.24, 2.45) is 0 Å². The van der Waals surface area contributed by atoms with Crippen LogP contribution in [0.5, 0.6) is 0 Å². The maximum absolute atomic E-state index is 6.07. The summed E-state index contributed by atoms with van der Waals surface area (Å²) in [4.78, 5) is 5.78. The van der Waals surface area contributed by atoms with Gasteiger partial charge in [-0.2, -0.15) is 4.98 Å². The zero-order valence-electron chi connectivity index (χ0n) is 11.9. The molecule has 2 heterocycles. The molecule has 0 amide bonds. The smallest absolute Gasteiger partial charge is 0.261 e. The number of aryl methyl sites for hydroxylation is 1. The van der Waals surface area contributed by atoms with Crippen molar-refractivity contribution in [3.8, 4) is 11.5 Å². The summed E-state index contributed by atoms with van der Waals surface area (Å²) in [6, 6.07) is 8.40. The molecule has 21 heavy (non-hydrogen) atoms. The number of thiophene rings is 1. The summed E-state index contributed by atoms with van der Waals surface area (Å²) < 4.78 is 5.46. The highest BCUT2D eigenvalue weighted by Gasteiger charge is 2.31. The number of anilines is 1. The van der Waals surface area contributed by atoms with Crippen LogP contribution < -0.4 is 5.73 Å². The van der Waals surface area contributed by atoms with Crippen LogP contribution in [0.1, 0.15) is 33.3 Å². The van der Waals surface area contributed by atoms with E-state index in [1.54, 1.807) is 11.3 Å². The lowest BCUT2D eigenvalue weighted by Gasteiger charge is -2.27. The second-order valence-electron chi connectivity index (χ2n) is 5.44. The maximum Gasteiger partial charge on any atom is 0.261 e. The van der Waals surface area contributed by atoms with E-state index in [4.69, 9.17) is 10.3 Å². The van der Waals surface area contributed by atoms with E-state index in [0.29, 0.717) is 5.89 Å². The summed E-state index contributed by atoms with van der Waals surface area (Å²) in [6.07, 6.45) is 0.978. The SMILES string of the molecule is Cc1sc(N)c(-c2nc(C3Cc4ccccc43)no2)c1C. The van der Waals surface area contributed by atoms with Gasteiger partial charge in [-0.05, 0) is 37.0 Å². The Morgan fingerprint density at radius 1 is 1.29 bits per heavy atom. The lowest BCUT2D eigenvalue weighted by molar-refractivity contribution is 0.416. The van der Waals surface area contributed by atoms with Gasteiger partial charge in [0.25, 0.3) is 5.89 Å². The molecule has 1 aromatic carbocycles. The monoisotopic (exact) mass is 297 g/mol. The van der Waals surface area contributed by atoms with Crippen LogP contribution in [0.3, 0.4) is 0 Å². The minimum Gasteiger partial charge on any atom is -0.390 e. The first-order chi connectivity index (χ1) is 10.1. The van der Waals surface area contributed by atoms with E-state index in [9.17, 15) is 0 Å². The zero-order valence-corrected chi connectivity index (χ0v) is 12.7. The van der Waals surface area contributed by atoms with Gasteiger partial charge in [0.1, 0.15) is 0 Å². The zero-order chi connectivity index (χ0) is 14.6. The number of hydrogen-bond acceptors (Lipinski definition) is 5. The van der Waals surface area contributed by atoms with Gasteiger partial charge in [-0.3, -0.25) is 0 Å². The number of nitrogens with two attached hydrogens (primary N) is 1. The molecule has 4 nitrogen and oxygen atoms in total. The van der Waals surface area contributed by atoms with Gasteiger partial charge in [0, 0.05) is 4.88 Å². The van der Waals surface area contributed by atoms with Gasteiger partial charge in [0.15, 0.2) is 5.82 Å². The summed E-state index contributed by atoms with van der Waals surface area (Å²) in [7, 11) is 0. The predicted octanol–water partition coefficient (Wildman–Crippen LogP) is 3.69. The lowest BCUT2D eigenvalue weighted by atomic mass is 9.77. The fraction of sp³-hybridized carbons (Fsp3) is 0.250. The van der Waals surface area contributed by atoms with Crippen LogP contribution in [0.25, 0.3) is 11.5 Å². The number of rotatable bonds is 2. The minimum absolute atomic E-state index is 0.250. The van der Waals surface area contributed by atoms with Gasteiger partial charge in [0.2, 0.25) is 0 Å². The molecule has 1 aliphatic carbocycles. The Morgan fingerprint density at radius 2 is 2.10 bits per heavy atom. The van der Waals surface area contributed by atoms with Crippen molar-refractivity contribution in [2.45, 2.75) is 26.2 Å². The standard InChI is InChI=1S/C16H15N3OS/c1-8-9(2)21-14(17)13(8)16-18-15(19-20-16)12-7-10-5-3-4-6-11(10)12/h3-6,12H,7,17H2,1-2H3. The van der Waals surface area contributed by atoms with Crippen molar-refractivity contribution >= 4 is 16.3 Å². The van der Waals surface area contributed by atoms with Crippen LogP contribution in [0.2, 0.25) is 0 Å². The summed E-state index contributed by atoms with van der Waals surface area (Å²) in [5.74, 6) is 1.54. The molecule has 0 bridgehead atoms. The highest BCUT2D eigenvalue weighted by molar-refractivity contribution is 7.16. The van der Waals surface area contributed by atoms with E-state index in [2.05, 4.69) is 41.3 Å². The number of benzene rings is 1. The molecular weight excluding hydrogens is 282 g/mol. The number of hydrogen-bond donors (Lipinski definition) is 1.